The molecule has 0 saturated carbocycles. The molecule has 0 fully saturated rings. The third-order valence-electron chi connectivity index (χ3n) is 2.72. The Morgan fingerprint density at radius 3 is 2.75 bits per heavy atom. The molecular formula is C14H13FN2O3. The van der Waals surface area contributed by atoms with Crippen LogP contribution in [0.5, 0.6) is 5.75 Å². The fourth-order valence-corrected chi connectivity index (χ4v) is 1.77. The van der Waals surface area contributed by atoms with Crippen molar-refractivity contribution in [2.45, 2.75) is 6.54 Å². The highest BCUT2D eigenvalue weighted by Crippen LogP contribution is 2.23. The second-order valence-electron chi connectivity index (χ2n) is 4.16. The summed E-state index contributed by atoms with van der Waals surface area (Å²) in [5, 5.41) is 13.8. The van der Waals surface area contributed by atoms with Crippen LogP contribution in [0.1, 0.15) is 5.56 Å². The van der Waals surface area contributed by atoms with Crippen molar-refractivity contribution in [2.24, 2.45) is 0 Å². The molecule has 1 N–H and O–H groups in total. The summed E-state index contributed by atoms with van der Waals surface area (Å²) in [4.78, 5) is 10.3. The highest BCUT2D eigenvalue weighted by atomic mass is 19.1. The van der Waals surface area contributed by atoms with Crippen molar-refractivity contribution in [1.29, 1.82) is 0 Å². The van der Waals surface area contributed by atoms with Gasteiger partial charge in [0.25, 0.3) is 5.69 Å². The molecule has 0 spiro atoms. The lowest BCUT2D eigenvalue weighted by molar-refractivity contribution is -0.385. The van der Waals surface area contributed by atoms with Gasteiger partial charge in [0.15, 0.2) is 0 Å². The molecule has 0 saturated heterocycles. The van der Waals surface area contributed by atoms with E-state index in [9.17, 15) is 14.5 Å². The van der Waals surface area contributed by atoms with E-state index in [4.69, 9.17) is 4.74 Å². The zero-order valence-electron chi connectivity index (χ0n) is 10.8. The molecule has 2 aromatic carbocycles. The molecule has 104 valence electrons. The van der Waals surface area contributed by atoms with Crippen LogP contribution in [-0.2, 0) is 6.54 Å². The standard InChI is InChI=1S/C14H13FN2O3/c1-20-14-6-10(5-13(8-14)17(18)19)9-16-12-4-2-3-11(15)7-12/h2-8,16H,9H2,1H3. The van der Waals surface area contributed by atoms with Crippen LogP contribution < -0.4 is 10.1 Å². The predicted molar refractivity (Wildman–Crippen MR) is 73.4 cm³/mol. The first-order valence-electron chi connectivity index (χ1n) is 5.90. The van der Waals surface area contributed by atoms with Gasteiger partial charge in [-0.3, -0.25) is 10.1 Å². The molecule has 0 aliphatic rings. The van der Waals surface area contributed by atoms with E-state index < -0.39 is 4.92 Å². The van der Waals surface area contributed by atoms with Crippen molar-refractivity contribution in [2.75, 3.05) is 12.4 Å². The monoisotopic (exact) mass is 276 g/mol. The topological polar surface area (TPSA) is 64.4 Å². The second kappa shape index (κ2) is 6.01. The van der Waals surface area contributed by atoms with Crippen LogP contribution in [0.25, 0.3) is 0 Å². The second-order valence-corrected chi connectivity index (χ2v) is 4.16. The number of nitrogens with one attached hydrogen (secondary N) is 1. The summed E-state index contributed by atoms with van der Waals surface area (Å²) in [6.07, 6.45) is 0. The number of anilines is 1. The number of nitrogens with zero attached hydrogens (tertiary/aromatic N) is 1. The Labute approximate surface area is 115 Å². The van der Waals surface area contributed by atoms with E-state index in [-0.39, 0.29) is 11.5 Å². The third-order valence-corrected chi connectivity index (χ3v) is 2.72. The molecule has 2 aromatic rings. The van der Waals surface area contributed by atoms with Crippen LogP contribution >= 0.6 is 0 Å². The van der Waals surface area contributed by atoms with E-state index >= 15 is 0 Å². The molecule has 0 aliphatic carbocycles. The Kier molecular flexibility index (Phi) is 4.14. The van der Waals surface area contributed by atoms with Gasteiger partial charge in [-0.05, 0) is 29.8 Å². The Morgan fingerprint density at radius 2 is 2.10 bits per heavy atom. The SMILES string of the molecule is COc1cc(CNc2cccc(F)c2)cc([N+](=O)[O-])c1. The molecule has 0 aromatic heterocycles. The van der Waals surface area contributed by atoms with Gasteiger partial charge < -0.3 is 10.1 Å². The number of hydrogen-bond donors (Lipinski definition) is 1. The molecule has 0 unspecified atom stereocenters. The molecule has 20 heavy (non-hydrogen) atoms. The summed E-state index contributed by atoms with van der Waals surface area (Å²) in [5.74, 6) is 0.0712. The number of halogens is 1. The molecule has 0 bridgehead atoms. The molecule has 2 rings (SSSR count). The minimum atomic E-state index is -0.478. The normalized spacial score (nSPS) is 10.1. The van der Waals surface area contributed by atoms with Crippen molar-refractivity contribution >= 4 is 11.4 Å². The fraction of sp³-hybridized carbons (Fsp3) is 0.143. The Hall–Kier alpha value is -2.63. The summed E-state index contributed by atoms with van der Waals surface area (Å²) in [7, 11) is 1.45. The summed E-state index contributed by atoms with van der Waals surface area (Å²) < 4.78 is 18.1. The average molecular weight is 276 g/mol. The maximum Gasteiger partial charge on any atom is 0.273 e. The van der Waals surface area contributed by atoms with Crippen molar-refractivity contribution in [3.8, 4) is 5.75 Å². The molecule has 5 nitrogen and oxygen atoms in total. The van der Waals surface area contributed by atoms with E-state index in [1.54, 1.807) is 18.2 Å². The van der Waals surface area contributed by atoms with Crippen LogP contribution in [0.15, 0.2) is 42.5 Å². The number of hydrogen-bond acceptors (Lipinski definition) is 4. The van der Waals surface area contributed by atoms with E-state index in [2.05, 4.69) is 5.32 Å². The van der Waals surface area contributed by atoms with Crippen molar-refractivity contribution in [1.82, 2.24) is 0 Å². The Morgan fingerprint density at radius 1 is 1.30 bits per heavy atom. The Balaban J connectivity index is 2.16. The number of nitro groups is 1. The van der Waals surface area contributed by atoms with Gasteiger partial charge in [-0.15, -0.1) is 0 Å². The van der Waals surface area contributed by atoms with E-state index in [1.165, 1.54) is 31.4 Å². The number of rotatable bonds is 5. The first-order valence-corrected chi connectivity index (χ1v) is 5.90. The largest absolute Gasteiger partial charge is 0.496 e. The third kappa shape index (κ3) is 3.44. The molecule has 0 aliphatic heterocycles. The summed E-state index contributed by atoms with van der Waals surface area (Å²) >= 11 is 0. The zero-order chi connectivity index (χ0) is 14.5. The lowest BCUT2D eigenvalue weighted by Gasteiger charge is -2.08. The summed E-state index contributed by atoms with van der Waals surface area (Å²) in [6.45, 7) is 0.335. The maximum absolute atomic E-state index is 13.0. The zero-order valence-corrected chi connectivity index (χ0v) is 10.8. The minimum absolute atomic E-state index is 0.0413. The van der Waals surface area contributed by atoms with Gasteiger partial charge >= 0.3 is 0 Å². The quantitative estimate of drug-likeness (QED) is 0.671. The molecule has 0 heterocycles. The fourth-order valence-electron chi connectivity index (χ4n) is 1.77. The summed E-state index contributed by atoms with van der Waals surface area (Å²) in [6, 6.07) is 10.5. The number of nitro benzene ring substituents is 1. The highest BCUT2D eigenvalue weighted by Gasteiger charge is 2.10. The number of methoxy groups -OCH3 is 1. The maximum atomic E-state index is 13.0. The number of ether oxygens (including phenoxy) is 1. The molecular weight excluding hydrogens is 263 g/mol. The van der Waals surface area contributed by atoms with E-state index in [0.717, 1.165) is 0 Å². The first-order chi connectivity index (χ1) is 9.58. The van der Waals surface area contributed by atoms with Gasteiger partial charge in [-0.1, -0.05) is 6.07 Å². The minimum Gasteiger partial charge on any atom is -0.496 e. The van der Waals surface area contributed by atoms with Gasteiger partial charge in [0.2, 0.25) is 0 Å². The van der Waals surface area contributed by atoms with Crippen molar-refractivity contribution in [3.05, 3.63) is 64.0 Å². The summed E-state index contributed by atoms with van der Waals surface area (Å²) in [5.41, 5.74) is 1.25. The smallest absolute Gasteiger partial charge is 0.273 e. The molecule has 0 radical (unpaired) electrons. The van der Waals surface area contributed by atoms with Crippen LogP contribution in [-0.4, -0.2) is 12.0 Å². The molecule has 6 heteroatoms. The first kappa shape index (κ1) is 13.8. The van der Waals surface area contributed by atoms with Gasteiger partial charge in [-0.25, -0.2) is 4.39 Å². The van der Waals surface area contributed by atoms with Crippen LogP contribution in [0.4, 0.5) is 15.8 Å². The van der Waals surface area contributed by atoms with Crippen molar-refractivity contribution in [3.63, 3.8) is 0 Å². The molecule has 0 atom stereocenters. The van der Waals surface area contributed by atoms with Crippen LogP contribution in [0.2, 0.25) is 0 Å². The van der Waals surface area contributed by atoms with E-state index in [1.807, 2.05) is 0 Å². The van der Waals surface area contributed by atoms with Crippen molar-refractivity contribution < 1.29 is 14.1 Å². The number of benzene rings is 2. The van der Waals surface area contributed by atoms with Gasteiger partial charge in [0.1, 0.15) is 11.6 Å². The van der Waals surface area contributed by atoms with Crippen LogP contribution in [0.3, 0.4) is 0 Å². The molecule has 0 amide bonds. The highest BCUT2D eigenvalue weighted by molar-refractivity contribution is 5.47. The predicted octanol–water partition coefficient (Wildman–Crippen LogP) is 3.35. The lowest BCUT2D eigenvalue weighted by Crippen LogP contribution is -2.01. The van der Waals surface area contributed by atoms with Gasteiger partial charge in [-0.2, -0.15) is 0 Å². The van der Waals surface area contributed by atoms with Gasteiger partial charge in [0.05, 0.1) is 18.1 Å². The number of non-ortho nitro benzene ring substituents is 1. The van der Waals surface area contributed by atoms with E-state index in [0.29, 0.717) is 23.5 Å². The average Bonchev–Trinajstić information content (AvgIpc) is 2.45. The van der Waals surface area contributed by atoms with Crippen LogP contribution in [0, 0.1) is 15.9 Å². The Bertz CT molecular complexity index is 632. The van der Waals surface area contributed by atoms with Gasteiger partial charge in [0, 0.05) is 18.3 Å². The lowest BCUT2D eigenvalue weighted by atomic mass is 10.2.